The number of ether oxygens (including phenoxy) is 5. The summed E-state index contributed by atoms with van der Waals surface area (Å²) in [5.74, 6) is 3.47. The SMILES string of the molecule is CO[C@H]([C@H](O)CC1([C@@H](C)[C@H](CC[C@@H](C)[C@@H]2O[C@@]3(CC[C@@H]2C)CC[C@H](C)[C@H](CC[C@H](C)C2(C)SCCCS2)O3)O[Si](C)(C)C(C)(C)C)SCCCS1)[C@H](OC(=O)C[C@@H](O[Si](C)(C)C(C)(C)C)C1=C(C)C(=O)OC1=O)C(C)C. The summed E-state index contributed by atoms with van der Waals surface area (Å²) < 4.78 is 46.3. The quantitative estimate of drug-likeness (QED) is 0.0557. The van der Waals surface area contributed by atoms with Gasteiger partial charge in [0.1, 0.15) is 12.2 Å². The molecular weight excluding hydrogens is 1070 g/mol. The first kappa shape index (κ1) is 66.7. The van der Waals surface area contributed by atoms with E-state index in [1.165, 1.54) is 31.3 Å². The van der Waals surface area contributed by atoms with Crippen LogP contribution in [0.15, 0.2) is 11.1 Å². The van der Waals surface area contributed by atoms with E-state index in [0.29, 0.717) is 24.2 Å². The monoisotopic (exact) mass is 1170 g/mol. The molecule has 5 aliphatic heterocycles. The van der Waals surface area contributed by atoms with E-state index in [9.17, 15) is 19.5 Å². The van der Waals surface area contributed by atoms with Crippen molar-refractivity contribution in [1.29, 1.82) is 0 Å². The molecule has 4 saturated heterocycles. The van der Waals surface area contributed by atoms with Crippen LogP contribution in [0.2, 0.25) is 36.3 Å². The van der Waals surface area contributed by atoms with E-state index in [0.717, 1.165) is 62.9 Å². The number of aliphatic hydroxyl groups excluding tert-OH is 1. The van der Waals surface area contributed by atoms with Gasteiger partial charge in [-0.1, -0.05) is 90.0 Å². The lowest BCUT2D eigenvalue weighted by Crippen LogP contribution is -2.54. The second-order valence-electron chi connectivity index (χ2n) is 27.3. The molecule has 0 saturated carbocycles. The number of methoxy groups -OCH3 is 1. The topological polar surface area (TPSA) is 136 Å². The molecule has 1 N–H and O–H groups in total. The van der Waals surface area contributed by atoms with Crippen LogP contribution in [0.25, 0.3) is 0 Å². The number of esters is 3. The third kappa shape index (κ3) is 16.4. The predicted octanol–water partition coefficient (Wildman–Crippen LogP) is 14.8. The fourth-order valence-corrected chi connectivity index (χ4v) is 21.1. The van der Waals surface area contributed by atoms with Gasteiger partial charge in [0.15, 0.2) is 22.4 Å². The van der Waals surface area contributed by atoms with Crippen LogP contribution < -0.4 is 0 Å². The zero-order valence-corrected chi connectivity index (χ0v) is 56.2. The van der Waals surface area contributed by atoms with Gasteiger partial charge in [-0.2, -0.15) is 0 Å². The third-order valence-corrected chi connectivity index (χ3v) is 35.5. The second-order valence-corrected chi connectivity index (χ2v) is 43.3. The molecule has 0 aromatic rings. The molecule has 0 radical (unpaired) electrons. The highest BCUT2D eigenvalue weighted by molar-refractivity contribution is 8.19. The number of rotatable bonds is 24. The first-order valence-corrected chi connectivity index (χ1v) is 39.0. The summed E-state index contributed by atoms with van der Waals surface area (Å²) in [6.45, 7) is 41.8. The molecule has 0 bridgehead atoms. The predicted molar refractivity (Wildman–Crippen MR) is 324 cm³/mol. The number of aliphatic hydroxyl groups is 1. The fourth-order valence-electron chi connectivity index (χ4n) is 11.5. The first-order valence-electron chi connectivity index (χ1n) is 29.3. The Morgan fingerprint density at radius 3 is 1.86 bits per heavy atom. The molecule has 0 aromatic heterocycles. The zero-order chi connectivity index (χ0) is 57.0. The molecule has 17 heteroatoms. The van der Waals surface area contributed by atoms with Crippen molar-refractivity contribution in [3.8, 4) is 0 Å². The maximum Gasteiger partial charge on any atom is 0.345 e. The summed E-state index contributed by atoms with van der Waals surface area (Å²) in [5.41, 5.74) is 0.200. The van der Waals surface area contributed by atoms with Crippen LogP contribution in [-0.4, -0.2) is 126 Å². The number of carbonyl (C=O) groups excluding carboxylic acids is 3. The highest BCUT2D eigenvalue weighted by Gasteiger charge is 2.52. The van der Waals surface area contributed by atoms with Gasteiger partial charge in [0.05, 0.1) is 44.6 Å². The molecule has 0 unspecified atom stereocenters. The molecule has 76 heavy (non-hydrogen) atoms. The third-order valence-electron chi connectivity index (χ3n) is 19.1. The van der Waals surface area contributed by atoms with E-state index >= 15 is 0 Å². The number of hydrogen-bond acceptors (Lipinski definition) is 15. The first-order chi connectivity index (χ1) is 35.1. The van der Waals surface area contributed by atoms with E-state index < -0.39 is 68.8 Å². The number of cyclic esters (lactones) is 2. The van der Waals surface area contributed by atoms with Crippen molar-refractivity contribution in [3.63, 3.8) is 0 Å². The number of thioether (sulfide) groups is 4. The minimum atomic E-state index is -2.57. The van der Waals surface area contributed by atoms with Crippen LogP contribution in [0.1, 0.15) is 181 Å². The Bertz CT molecular complexity index is 1960. The summed E-state index contributed by atoms with van der Waals surface area (Å²) in [6, 6.07) is 0. The van der Waals surface area contributed by atoms with Crippen LogP contribution in [0.4, 0.5) is 0 Å². The van der Waals surface area contributed by atoms with E-state index in [2.05, 4.69) is 120 Å². The van der Waals surface area contributed by atoms with E-state index in [-0.39, 0.29) is 67.8 Å². The van der Waals surface area contributed by atoms with Crippen molar-refractivity contribution in [1.82, 2.24) is 0 Å². The Kier molecular flexibility index (Phi) is 23.8. The van der Waals surface area contributed by atoms with Gasteiger partial charge in [-0.05, 0) is 154 Å². The highest BCUT2D eigenvalue weighted by Crippen LogP contribution is 2.55. The van der Waals surface area contributed by atoms with Gasteiger partial charge in [-0.25, -0.2) is 9.59 Å². The lowest BCUT2D eigenvalue weighted by atomic mass is 9.79. The van der Waals surface area contributed by atoms with Gasteiger partial charge in [0.25, 0.3) is 0 Å². The lowest BCUT2D eigenvalue weighted by Gasteiger charge is -2.51. The Morgan fingerprint density at radius 2 is 1.33 bits per heavy atom. The van der Waals surface area contributed by atoms with Gasteiger partial charge in [0, 0.05) is 44.0 Å². The molecule has 4 fully saturated rings. The lowest BCUT2D eigenvalue weighted by molar-refractivity contribution is -0.338. The van der Waals surface area contributed by atoms with Crippen LogP contribution in [0.5, 0.6) is 0 Å². The number of carbonyl (C=O) groups is 3. The highest BCUT2D eigenvalue weighted by atomic mass is 32.2. The molecule has 5 rings (SSSR count). The molecular formula is C59H106O11S4Si2. The van der Waals surface area contributed by atoms with E-state index in [1.54, 1.807) is 7.11 Å². The Labute approximate surface area is 481 Å². The maximum atomic E-state index is 14.2. The smallest absolute Gasteiger partial charge is 0.345 e. The van der Waals surface area contributed by atoms with Crippen molar-refractivity contribution in [2.24, 2.45) is 35.5 Å². The molecule has 440 valence electrons. The second kappa shape index (κ2) is 27.1. The summed E-state index contributed by atoms with van der Waals surface area (Å²) in [5, 5.41) is 12.4. The normalized spacial score (nSPS) is 29.1. The zero-order valence-electron chi connectivity index (χ0n) is 51.0. The largest absolute Gasteiger partial charge is 0.459 e. The maximum absolute atomic E-state index is 14.2. The van der Waals surface area contributed by atoms with Crippen molar-refractivity contribution in [2.75, 3.05) is 30.1 Å². The number of hydrogen-bond donors (Lipinski definition) is 1. The van der Waals surface area contributed by atoms with Gasteiger partial charge in [-0.3, -0.25) is 4.79 Å². The van der Waals surface area contributed by atoms with Crippen molar-refractivity contribution in [3.05, 3.63) is 11.1 Å². The summed E-state index contributed by atoms with van der Waals surface area (Å²) >= 11 is 8.18. The van der Waals surface area contributed by atoms with Gasteiger partial charge in [0.2, 0.25) is 0 Å². The average molecular weight is 1180 g/mol. The molecule has 1 spiro atoms. The molecule has 0 amide bonds. The molecule has 11 nitrogen and oxygen atoms in total. The van der Waals surface area contributed by atoms with Gasteiger partial charge in [-0.15, -0.1) is 47.0 Å². The van der Waals surface area contributed by atoms with Crippen LogP contribution in [-0.2, 0) is 46.9 Å². The fraction of sp³-hybridized carbons (Fsp3) is 0.915. The van der Waals surface area contributed by atoms with Crippen molar-refractivity contribution < 1.29 is 52.0 Å². The van der Waals surface area contributed by atoms with Crippen LogP contribution in [0, 0.1) is 35.5 Å². The van der Waals surface area contributed by atoms with Crippen LogP contribution >= 0.6 is 47.0 Å². The van der Waals surface area contributed by atoms with E-state index in [4.69, 9.17) is 32.5 Å². The minimum Gasteiger partial charge on any atom is -0.459 e. The summed E-state index contributed by atoms with van der Waals surface area (Å²) in [7, 11) is -3.28. The molecule has 13 atom stereocenters. The Morgan fingerprint density at radius 1 is 0.776 bits per heavy atom. The Hall–Kier alpha value is -0.0562. The Balaban J connectivity index is 1.34. The van der Waals surface area contributed by atoms with Gasteiger partial charge < -0.3 is 37.6 Å². The van der Waals surface area contributed by atoms with Crippen LogP contribution in [0.3, 0.4) is 0 Å². The standard InChI is InChI=1S/C59H106O11S4Si2/c1-37(2)50(65-48(61)35-47(70-76(19,20)56(12,13)14)49-42(7)53(62)66-54(49)63)52(64-16)44(60)36-59(73-33-22-34-74-59)43(8)46(69-75(17,18)55(9,10)11)25-23-39(4)51-40(5)28-30-58(68-51)29-27-38(3)45(67-58)26-24-41(6)57(15)71-31-21-32-72-57/h37-41,43-47,50-52,60H,21-36H2,1-20H3/t38-,39+,40-,41-,43-,44+,45-,46-,47+,50+,51-,52+,58+/m0/s1. The molecule has 0 aromatic carbocycles. The van der Waals surface area contributed by atoms with Gasteiger partial charge >= 0.3 is 17.9 Å². The van der Waals surface area contributed by atoms with E-state index in [1.807, 2.05) is 50.5 Å². The molecule has 5 aliphatic rings. The summed E-state index contributed by atoms with van der Waals surface area (Å²) in [4.78, 5) is 39.9. The molecule has 0 aliphatic carbocycles. The summed E-state index contributed by atoms with van der Waals surface area (Å²) in [6.07, 6.45) is 7.23. The van der Waals surface area contributed by atoms with Crippen molar-refractivity contribution >= 4 is 81.6 Å². The minimum absolute atomic E-state index is 0.00778. The molecule has 5 heterocycles. The average Bonchev–Trinajstić information content (AvgIpc) is 3.59. The van der Waals surface area contributed by atoms with Crippen molar-refractivity contribution in [2.45, 2.75) is 274 Å².